The Labute approximate surface area is 438 Å². The molecule has 0 atom stereocenters. The largest absolute Gasteiger partial charge is 0.510 e. The third-order valence-corrected chi connectivity index (χ3v) is 14.2. The van der Waals surface area contributed by atoms with Crippen LogP contribution in [0, 0.1) is 18.5 Å². The van der Waals surface area contributed by atoms with E-state index in [1.54, 1.807) is 0 Å². The van der Waals surface area contributed by atoms with Crippen molar-refractivity contribution in [1.29, 1.82) is 0 Å². The molecule has 0 saturated heterocycles. The van der Waals surface area contributed by atoms with Gasteiger partial charge in [0.1, 0.15) is 5.82 Å². The van der Waals surface area contributed by atoms with Gasteiger partial charge >= 0.3 is 0 Å². The van der Waals surface area contributed by atoms with Crippen molar-refractivity contribution < 1.29 is 30.4 Å². The van der Waals surface area contributed by atoms with Crippen LogP contribution >= 0.6 is 0 Å². The van der Waals surface area contributed by atoms with Gasteiger partial charge in [-0.1, -0.05) is 194 Å². The molecule has 0 N–H and O–H groups in total. The van der Waals surface area contributed by atoms with Gasteiger partial charge in [-0.2, -0.15) is 18.2 Å². The molecule has 3 aromatic heterocycles. The van der Waals surface area contributed by atoms with Gasteiger partial charge in [-0.15, -0.1) is 29.7 Å². The second kappa shape index (κ2) is 19.2. The van der Waals surface area contributed by atoms with Gasteiger partial charge in [-0.05, 0) is 91.3 Å². The SMILES string of the molecule is CC(C)(C)c1ccnc(-n2c3[c-]c(Oc4[c-]c(-n5[c-][n+](-c6cc(-c7ccccc7)cc(C(C)(C)c7ccccc7)c6)c(C(C)(C)c6ccccc6)c5)ccc4)ccc3c3cc(-c4ccccc4)ccc32)c1.[Pt]. The van der Waals surface area contributed by atoms with E-state index in [0.717, 1.165) is 61.4 Å². The van der Waals surface area contributed by atoms with Crippen molar-refractivity contribution in [3.63, 3.8) is 0 Å². The summed E-state index contributed by atoms with van der Waals surface area (Å²) in [6.45, 7) is 15.9. The van der Waals surface area contributed by atoms with Crippen LogP contribution in [0.4, 0.5) is 0 Å². The van der Waals surface area contributed by atoms with Crippen LogP contribution in [0.2, 0.25) is 0 Å². The first-order valence-corrected chi connectivity index (χ1v) is 24.4. The Kier molecular flexibility index (Phi) is 12.8. The van der Waals surface area contributed by atoms with Crippen LogP contribution in [0.3, 0.4) is 0 Å². The molecule has 3 heterocycles. The summed E-state index contributed by atoms with van der Waals surface area (Å²) < 4.78 is 13.2. The van der Waals surface area contributed by atoms with Crippen molar-refractivity contribution in [2.75, 3.05) is 0 Å². The number of nitrogens with zero attached hydrogens (tertiary/aromatic N) is 4. The molecule has 72 heavy (non-hydrogen) atoms. The van der Waals surface area contributed by atoms with E-state index in [1.807, 2.05) is 29.0 Å². The van der Waals surface area contributed by atoms with E-state index in [-0.39, 0.29) is 31.9 Å². The zero-order chi connectivity index (χ0) is 48.9. The van der Waals surface area contributed by atoms with Crippen LogP contribution in [0.5, 0.6) is 11.5 Å². The Balaban J connectivity index is 0.00000596. The molecule has 0 fully saturated rings. The van der Waals surface area contributed by atoms with Gasteiger partial charge in [-0.3, -0.25) is 4.57 Å². The first-order valence-electron chi connectivity index (χ1n) is 24.4. The number of aromatic nitrogens is 4. The fraction of sp³-hybridized carbons (Fsp3) is 0.152. The maximum absolute atomic E-state index is 6.75. The van der Waals surface area contributed by atoms with E-state index < -0.39 is 5.41 Å². The molecule has 0 saturated carbocycles. The van der Waals surface area contributed by atoms with E-state index in [9.17, 15) is 0 Å². The van der Waals surface area contributed by atoms with Gasteiger partial charge in [0.05, 0.1) is 11.4 Å². The molecule has 5 nitrogen and oxygen atoms in total. The number of ether oxygens (including phenoxy) is 1. The van der Waals surface area contributed by atoms with E-state index in [1.165, 1.54) is 27.8 Å². The van der Waals surface area contributed by atoms with Gasteiger partial charge in [0.15, 0.2) is 0 Å². The quantitative estimate of drug-likeness (QED) is 0.0956. The monoisotopic (exact) mass is 1120 g/mol. The molecule has 6 heteroatoms. The third-order valence-electron chi connectivity index (χ3n) is 14.2. The maximum Gasteiger partial charge on any atom is 0.267 e. The van der Waals surface area contributed by atoms with Crippen molar-refractivity contribution in [2.24, 2.45) is 0 Å². The number of benzene rings is 8. The van der Waals surface area contributed by atoms with Crippen molar-refractivity contribution in [3.05, 3.63) is 259 Å². The zero-order valence-electron chi connectivity index (χ0n) is 41.7. The van der Waals surface area contributed by atoms with Crippen molar-refractivity contribution in [2.45, 2.75) is 64.7 Å². The van der Waals surface area contributed by atoms with Crippen LogP contribution in [-0.4, -0.2) is 14.1 Å². The van der Waals surface area contributed by atoms with Crippen LogP contribution in [-0.2, 0) is 37.3 Å². The van der Waals surface area contributed by atoms with Crippen molar-refractivity contribution >= 4 is 21.8 Å². The summed E-state index contributed by atoms with van der Waals surface area (Å²) in [5.41, 5.74) is 13.5. The van der Waals surface area contributed by atoms with Crippen LogP contribution < -0.4 is 9.30 Å². The summed E-state index contributed by atoms with van der Waals surface area (Å²) in [6, 6.07) is 78.1. The van der Waals surface area contributed by atoms with Crippen molar-refractivity contribution in [3.8, 4) is 50.9 Å². The van der Waals surface area contributed by atoms with E-state index in [2.05, 4.69) is 264 Å². The minimum absolute atomic E-state index is 0. The summed E-state index contributed by atoms with van der Waals surface area (Å²) in [5, 5.41) is 2.19. The molecule has 0 unspecified atom stereocenters. The average molecular weight is 1120 g/mol. The van der Waals surface area contributed by atoms with Crippen LogP contribution in [0.1, 0.15) is 76.4 Å². The molecule has 8 aromatic carbocycles. The van der Waals surface area contributed by atoms with Gasteiger partial charge in [0.25, 0.3) is 6.33 Å². The summed E-state index contributed by atoms with van der Waals surface area (Å²) in [6.07, 6.45) is 7.90. The normalized spacial score (nSPS) is 12.0. The number of rotatable bonds is 11. The van der Waals surface area contributed by atoms with Crippen molar-refractivity contribution in [1.82, 2.24) is 14.1 Å². The third kappa shape index (κ3) is 9.15. The number of pyridine rings is 1. The van der Waals surface area contributed by atoms with Gasteiger partial charge < -0.3 is 13.9 Å². The second-order valence-corrected chi connectivity index (χ2v) is 20.6. The molecule has 358 valence electrons. The molecule has 0 aliphatic rings. The smallest absolute Gasteiger partial charge is 0.267 e. The molecule has 0 radical (unpaired) electrons. The second-order valence-electron chi connectivity index (χ2n) is 20.6. The Morgan fingerprint density at radius 3 is 1.78 bits per heavy atom. The number of hydrogen-bond acceptors (Lipinski definition) is 2. The van der Waals surface area contributed by atoms with Crippen LogP contribution in [0.25, 0.3) is 61.3 Å². The first kappa shape index (κ1) is 48.1. The topological polar surface area (TPSA) is 35.9 Å². The fourth-order valence-corrected chi connectivity index (χ4v) is 9.85. The summed E-state index contributed by atoms with van der Waals surface area (Å²) in [7, 11) is 0. The zero-order valence-corrected chi connectivity index (χ0v) is 44.0. The molecule has 11 rings (SSSR count). The first-order chi connectivity index (χ1) is 34.3. The Bertz CT molecular complexity index is 3700. The van der Waals surface area contributed by atoms with Gasteiger partial charge in [0.2, 0.25) is 0 Å². The minimum Gasteiger partial charge on any atom is -0.510 e. The van der Waals surface area contributed by atoms with E-state index >= 15 is 0 Å². The predicted octanol–water partition coefficient (Wildman–Crippen LogP) is 15.7. The van der Waals surface area contributed by atoms with Crippen LogP contribution in [0.15, 0.2) is 213 Å². The minimum atomic E-state index is -0.416. The van der Waals surface area contributed by atoms with Gasteiger partial charge in [0, 0.05) is 61.3 Å². The molecule has 0 amide bonds. The number of imidazole rings is 1. The molecule has 0 spiro atoms. The molecule has 0 bridgehead atoms. The number of hydrogen-bond donors (Lipinski definition) is 0. The molecule has 0 aliphatic carbocycles. The van der Waals surface area contributed by atoms with Gasteiger partial charge in [-0.25, -0.2) is 4.98 Å². The molecule has 11 aromatic rings. The Hall–Kier alpha value is -7.59. The number of fused-ring (bicyclic) bond motifs is 3. The summed E-state index contributed by atoms with van der Waals surface area (Å²) in [4.78, 5) is 4.94. The fourth-order valence-electron chi connectivity index (χ4n) is 9.85. The average Bonchev–Trinajstić information content (AvgIpc) is 4.00. The molecule has 0 aliphatic heterocycles. The standard InChI is InChI=1S/C66H56N4O.Pt/c1-64(2,3)52-35-36-67-63(41-52)70-60-34-31-48(46-21-12-8-13-22-46)39-59(60)58-33-32-57(43-61(58)70)71-56-30-20-29-54(42-56)68-44-62(66(6,7)51-27-18-11-19-28-51)69(45-68)55-38-49(47-23-14-9-15-24-47)37-53(40-55)65(4,5)50-25-16-10-17-26-50;/h8-41,44H,1-7H3;/q-2;. The van der Waals surface area contributed by atoms with E-state index in [0.29, 0.717) is 11.5 Å². The molecular formula is C66H56N4OPt-2. The Morgan fingerprint density at radius 2 is 1.11 bits per heavy atom. The maximum atomic E-state index is 6.75. The Morgan fingerprint density at radius 1 is 0.486 bits per heavy atom. The van der Waals surface area contributed by atoms with E-state index in [4.69, 9.17) is 9.72 Å². The molecular weight excluding hydrogens is 1060 g/mol. The summed E-state index contributed by atoms with van der Waals surface area (Å²) in [5.74, 6) is 1.98. The summed E-state index contributed by atoms with van der Waals surface area (Å²) >= 11 is 0. The predicted molar refractivity (Wildman–Crippen MR) is 289 cm³/mol.